The van der Waals surface area contributed by atoms with E-state index in [0.717, 1.165) is 133 Å². The molecule has 4 aliphatic rings. The molecule has 8 atom stereocenters. The fourth-order valence-corrected chi connectivity index (χ4v) is 18.3. The van der Waals surface area contributed by atoms with Crippen molar-refractivity contribution in [3.63, 3.8) is 0 Å². The summed E-state index contributed by atoms with van der Waals surface area (Å²) in [6, 6.07) is 18.1. The highest BCUT2D eigenvalue weighted by Crippen LogP contribution is 2.38. The summed E-state index contributed by atoms with van der Waals surface area (Å²) in [6.45, 7) is 16.3. The number of alkyl carbamates (subject to hydrolysis) is 1. The minimum atomic E-state index is -4.03. The van der Waals surface area contributed by atoms with E-state index in [0.29, 0.717) is 79.2 Å². The number of benzene rings is 2. The van der Waals surface area contributed by atoms with Crippen molar-refractivity contribution in [2.24, 2.45) is 17.4 Å². The van der Waals surface area contributed by atoms with Gasteiger partial charge in [-0.1, -0.05) is 76.6 Å². The van der Waals surface area contributed by atoms with Gasteiger partial charge in [-0.15, -0.1) is 0 Å². The average molecular weight is 1750 g/mol. The second-order valence-corrected chi connectivity index (χ2v) is 37.8. The Hall–Kier alpha value is -10.2. The summed E-state index contributed by atoms with van der Waals surface area (Å²) >= 11 is 18.5. The van der Waals surface area contributed by atoms with Crippen molar-refractivity contribution in [3.05, 3.63) is 166 Å². The number of carbonyl (C=O) groups excluding carboxylic acids is 3. The van der Waals surface area contributed by atoms with Crippen LogP contribution in [0.1, 0.15) is 169 Å². The van der Waals surface area contributed by atoms with Crippen LogP contribution < -0.4 is 38.1 Å². The highest BCUT2D eigenvalue weighted by Gasteiger charge is 2.33. The lowest BCUT2D eigenvalue weighted by molar-refractivity contribution is -0.156. The molecule has 4 saturated carbocycles. The number of pyridine rings is 3. The summed E-state index contributed by atoms with van der Waals surface area (Å²) in [7, 11) is -8.01. The Labute approximate surface area is 709 Å². The summed E-state index contributed by atoms with van der Waals surface area (Å²) in [5, 5.41) is 18.0. The van der Waals surface area contributed by atoms with Crippen LogP contribution in [0.4, 0.5) is 35.4 Å². The fourth-order valence-electron chi connectivity index (χ4n) is 15.2. The first-order chi connectivity index (χ1) is 56.9. The van der Waals surface area contributed by atoms with Crippen LogP contribution in [0.15, 0.2) is 132 Å². The van der Waals surface area contributed by atoms with E-state index >= 15 is 0 Å². The number of aromatic amines is 1. The summed E-state index contributed by atoms with van der Waals surface area (Å²) < 4.78 is 111. The average Bonchev–Trinajstić information content (AvgIpc) is 1.60. The molecule has 3 unspecified atom stereocenters. The van der Waals surface area contributed by atoms with E-state index in [4.69, 9.17) is 55.7 Å². The standard InChI is InChI=1S/C29H32ClFN6O4S.C24H24ClFN6O2S.C19H20ClFN6O.C12H23NO2/c1-17-8-10-21(11-9-17)42(39,40)37-16-23(22-12-18(30)14-33-27(22)37)25-32-15-24(31)26(36-25)34-19-6-5-7-20(13-19)35-28(38)41-29(2,3)4;1-14-5-7-18(8-6-14)35(33,34)32-13-20(19-9-15(25)11-29-24(19)32)22-28-12-21(26)23(31-22)30-17-4-2-3-16(27)10-17;1-10(28)25-12-3-2-4-13(6-12)26-19-16(21)9-24-18(27-19)15-8-23-17-14(15)5-11(20)7-22-17;1-12(2,3)15-11(14)8-9-5-4-6-10(13)7-9/h8-12,14-16,19-20H,5-7,13H2,1-4H3,(H,35,38)(H,32,34,36);5-9,11-13,16-17H,2-4,10,27H2,1H3,(H,28,30,31);5,7-9,12-13H,2-4,6H2,1H3,(H,22,23)(H,25,28)(H,24,26,27);9-10H,4-8,13H2,1-3H3/t19?,20-;16-,17?;12-,13?;9-,10+/m1111/s1. The van der Waals surface area contributed by atoms with Crippen LogP contribution in [0.25, 0.3) is 67.3 Å². The van der Waals surface area contributed by atoms with E-state index in [-0.39, 0.29) is 110 Å². The SMILES string of the molecule is CC(=O)N[C@@H]1CCCC(Nc2nc(-c3c[nH]c4ncc(Cl)cc34)ncc2F)C1.CC(C)(C)OC(=O)C[C@@H]1CCC[C@H](N)C1.Cc1ccc(S(=O)(=O)n2cc(-c3ncc(F)c(NC4CCC[C@@H](N)C4)n3)c3cc(Cl)cnc32)cc1.Cc1ccc(S(=O)(=O)n2cc(-c3ncc(F)c(NC4CCC[C@@H](NC(=O)OC(C)(C)C)C4)n3)c3cc(Cl)cnc32)cc1. The van der Waals surface area contributed by atoms with E-state index in [1.54, 1.807) is 75.6 Å². The number of carbonyl (C=O) groups is 3. The van der Waals surface area contributed by atoms with Gasteiger partial charge in [0.2, 0.25) is 5.91 Å². The fraction of sp³-hybridized carbons (Fsp3) is 0.429. The first-order valence-corrected chi connectivity index (χ1v) is 43.9. The van der Waals surface area contributed by atoms with Crippen LogP contribution >= 0.6 is 34.8 Å². The van der Waals surface area contributed by atoms with Crippen LogP contribution in [0, 0.1) is 37.2 Å². The Balaban J connectivity index is 0.000000154. The molecule has 2 amide bonds. The number of aryl methyl sites for hydroxylation is 2. The third kappa shape index (κ3) is 23.1. The van der Waals surface area contributed by atoms with Crippen molar-refractivity contribution in [1.82, 2.24) is 68.4 Å². The largest absolute Gasteiger partial charge is 0.460 e. The number of rotatable bonds is 17. The zero-order chi connectivity index (χ0) is 86.1. The van der Waals surface area contributed by atoms with Crippen LogP contribution in [0.5, 0.6) is 0 Å². The van der Waals surface area contributed by atoms with Gasteiger partial charge in [0.05, 0.1) is 43.4 Å². The third-order valence-corrected chi connectivity index (χ3v) is 24.6. The molecule has 28 nitrogen and oxygen atoms in total. The van der Waals surface area contributed by atoms with Gasteiger partial charge < -0.3 is 52.5 Å². The molecule has 0 saturated heterocycles. The number of halogens is 6. The van der Waals surface area contributed by atoms with Crippen molar-refractivity contribution in [3.8, 4) is 34.2 Å². The summed E-state index contributed by atoms with van der Waals surface area (Å²) in [4.78, 5) is 76.9. The van der Waals surface area contributed by atoms with Gasteiger partial charge >= 0.3 is 12.1 Å². The van der Waals surface area contributed by atoms with Gasteiger partial charge in [-0.25, -0.2) is 87.6 Å². The molecule has 9 aromatic heterocycles. The number of nitrogens with two attached hydrogens (primary N) is 2. The topological polar surface area (TPSA) is 392 Å². The Bertz CT molecular complexity index is 5760. The van der Waals surface area contributed by atoms with E-state index in [1.165, 1.54) is 56.0 Å². The molecule has 0 radical (unpaired) electrons. The summed E-state index contributed by atoms with van der Waals surface area (Å²) in [6.07, 6.45) is 26.3. The van der Waals surface area contributed by atoms with Gasteiger partial charge in [0.1, 0.15) is 16.8 Å². The molecule has 0 spiro atoms. The second kappa shape index (κ2) is 38.3. The minimum Gasteiger partial charge on any atom is -0.460 e. The van der Waals surface area contributed by atoms with E-state index in [1.807, 2.05) is 34.6 Å². The molecule has 0 bridgehead atoms. The molecule has 2 aromatic carbocycles. The van der Waals surface area contributed by atoms with Crippen molar-refractivity contribution in [1.29, 1.82) is 0 Å². The number of H-pyrrole nitrogens is 1. The van der Waals surface area contributed by atoms with Crippen molar-refractivity contribution < 1.29 is 53.9 Å². The number of nitrogens with one attached hydrogen (secondary N) is 6. The number of hydrogen-bond donors (Lipinski definition) is 8. The monoisotopic (exact) mass is 1740 g/mol. The molecule has 120 heavy (non-hydrogen) atoms. The van der Waals surface area contributed by atoms with Crippen LogP contribution in [0.3, 0.4) is 0 Å². The maximum Gasteiger partial charge on any atom is 0.407 e. The third-order valence-electron chi connectivity index (χ3n) is 20.7. The lowest BCUT2D eigenvalue weighted by atomic mass is 9.84. The van der Waals surface area contributed by atoms with E-state index < -0.39 is 49.2 Å². The Morgan fingerprint density at radius 3 is 1.32 bits per heavy atom. The molecule has 11 aromatic rings. The van der Waals surface area contributed by atoms with Crippen LogP contribution in [-0.4, -0.2) is 146 Å². The molecule has 36 heteroatoms. The van der Waals surface area contributed by atoms with Gasteiger partial charge in [0, 0.05) is 126 Å². The molecule has 4 aliphatic carbocycles. The predicted molar refractivity (Wildman–Crippen MR) is 458 cm³/mol. The zero-order valence-corrected chi connectivity index (χ0v) is 71.9. The molecule has 10 N–H and O–H groups in total. The van der Waals surface area contributed by atoms with Crippen molar-refractivity contribution in [2.75, 3.05) is 16.0 Å². The maximum atomic E-state index is 14.9. The second-order valence-electron chi connectivity index (χ2n) is 32.9. The zero-order valence-electron chi connectivity index (χ0n) is 68.0. The normalized spacial score (nSPS) is 19.6. The predicted octanol–water partition coefficient (Wildman–Crippen LogP) is 16.5. The number of fused-ring (bicyclic) bond motifs is 3. The van der Waals surface area contributed by atoms with Gasteiger partial charge in [-0.2, -0.15) is 0 Å². The van der Waals surface area contributed by atoms with Crippen molar-refractivity contribution in [2.45, 2.75) is 235 Å². The Morgan fingerprint density at radius 2 is 0.892 bits per heavy atom. The Morgan fingerprint density at radius 1 is 0.500 bits per heavy atom. The van der Waals surface area contributed by atoms with Gasteiger partial charge in [-0.05, 0) is 200 Å². The van der Waals surface area contributed by atoms with E-state index in [9.17, 15) is 44.4 Å². The maximum absolute atomic E-state index is 14.9. The highest BCUT2D eigenvalue weighted by molar-refractivity contribution is 7.90. The minimum absolute atomic E-state index is 0.00429. The molecular weight excluding hydrogens is 1650 g/mol. The first kappa shape index (κ1) is 89.1. The molecule has 4 fully saturated rings. The number of amides is 2. The lowest BCUT2D eigenvalue weighted by Gasteiger charge is -2.31. The van der Waals surface area contributed by atoms with Gasteiger partial charge in [0.15, 0.2) is 63.7 Å². The smallest absolute Gasteiger partial charge is 0.407 e. The number of esters is 1. The lowest BCUT2D eigenvalue weighted by Crippen LogP contribution is -2.44. The first-order valence-electron chi connectivity index (χ1n) is 39.9. The van der Waals surface area contributed by atoms with Crippen LogP contribution in [-0.2, 0) is 39.1 Å². The number of hydrogen-bond acceptors (Lipinski definition) is 23. The van der Waals surface area contributed by atoms with Gasteiger partial charge in [-0.3, -0.25) is 9.59 Å². The van der Waals surface area contributed by atoms with E-state index in [2.05, 4.69) is 76.4 Å². The molecular formula is C84H99Cl3F3N19O9S2. The number of aromatic nitrogens is 12. The quantitative estimate of drug-likeness (QED) is 0.0393. The van der Waals surface area contributed by atoms with Crippen LogP contribution in [0.2, 0.25) is 15.1 Å². The van der Waals surface area contributed by atoms with Gasteiger partial charge in [0.25, 0.3) is 20.0 Å². The summed E-state index contributed by atoms with van der Waals surface area (Å²) in [5.41, 5.74) is 15.2. The molecule has 638 valence electrons. The number of nitrogens with zero attached hydrogens (tertiary/aromatic N) is 11. The molecule has 9 heterocycles. The highest BCUT2D eigenvalue weighted by atomic mass is 35.5. The number of ether oxygens (including phenoxy) is 2. The van der Waals surface area contributed by atoms with Crippen molar-refractivity contribution >= 4 is 123 Å². The molecule has 0 aliphatic heterocycles. The number of anilines is 3. The Kier molecular flexibility index (Phi) is 28.4. The summed E-state index contributed by atoms with van der Waals surface area (Å²) in [5.74, 6) is -0.651. The molecule has 15 rings (SSSR count).